The molecular formula is C22H19BrCl2N2O3S. The number of halogens is 3. The third-order valence-electron chi connectivity index (χ3n) is 4.51. The van der Waals surface area contributed by atoms with Crippen molar-refractivity contribution < 1.29 is 13.2 Å². The number of aryl methyl sites for hydroxylation is 2. The Balaban J connectivity index is 1.99. The zero-order chi connectivity index (χ0) is 22.8. The topological polar surface area (TPSA) is 66.5 Å². The van der Waals surface area contributed by atoms with Crippen LogP contribution in [0.15, 0.2) is 70.0 Å². The van der Waals surface area contributed by atoms with Gasteiger partial charge in [-0.3, -0.25) is 9.10 Å². The predicted molar refractivity (Wildman–Crippen MR) is 130 cm³/mol. The van der Waals surface area contributed by atoms with Crippen LogP contribution in [0.3, 0.4) is 0 Å². The fourth-order valence-corrected chi connectivity index (χ4v) is 4.98. The van der Waals surface area contributed by atoms with E-state index >= 15 is 0 Å². The lowest BCUT2D eigenvalue weighted by atomic mass is 10.2. The van der Waals surface area contributed by atoms with Crippen molar-refractivity contribution in [2.45, 2.75) is 18.7 Å². The van der Waals surface area contributed by atoms with Crippen LogP contribution in [0.2, 0.25) is 10.0 Å². The van der Waals surface area contributed by atoms with Gasteiger partial charge in [0.25, 0.3) is 10.0 Å². The van der Waals surface area contributed by atoms with Crippen molar-refractivity contribution in [2.75, 3.05) is 16.2 Å². The summed E-state index contributed by atoms with van der Waals surface area (Å²) in [5, 5.41) is 3.19. The Kier molecular flexibility index (Phi) is 7.31. The standard InChI is InChI=1S/C22H19BrCl2N2O3S/c1-14-3-7-18(8-4-14)31(29,30)27(21-12-16(24)5-10-20(21)25)13-22(28)26-17-6-9-19(23)15(2)11-17/h3-12H,13H2,1-2H3,(H,26,28). The van der Waals surface area contributed by atoms with Crippen LogP contribution in [0, 0.1) is 13.8 Å². The molecule has 0 aromatic heterocycles. The van der Waals surface area contributed by atoms with Crippen molar-refractivity contribution in [3.05, 3.63) is 86.3 Å². The number of hydrogen-bond donors (Lipinski definition) is 1. The maximum Gasteiger partial charge on any atom is 0.264 e. The first kappa shape index (κ1) is 23.6. The van der Waals surface area contributed by atoms with Gasteiger partial charge in [-0.15, -0.1) is 0 Å². The highest BCUT2D eigenvalue weighted by atomic mass is 79.9. The van der Waals surface area contributed by atoms with Gasteiger partial charge in [-0.25, -0.2) is 8.42 Å². The number of sulfonamides is 1. The molecule has 3 aromatic carbocycles. The first-order chi connectivity index (χ1) is 14.6. The zero-order valence-corrected chi connectivity index (χ0v) is 20.6. The third-order valence-corrected chi connectivity index (χ3v) is 7.73. The molecule has 1 amide bonds. The summed E-state index contributed by atoms with van der Waals surface area (Å²) in [5.74, 6) is -0.520. The van der Waals surface area contributed by atoms with Crippen LogP contribution in [0.1, 0.15) is 11.1 Å². The summed E-state index contributed by atoms with van der Waals surface area (Å²) in [4.78, 5) is 12.9. The van der Waals surface area contributed by atoms with Crippen LogP contribution in [0.5, 0.6) is 0 Å². The first-order valence-electron chi connectivity index (χ1n) is 9.18. The minimum absolute atomic E-state index is 0.0430. The number of nitrogens with zero attached hydrogens (tertiary/aromatic N) is 1. The summed E-state index contributed by atoms with van der Waals surface area (Å²) < 4.78 is 28.7. The summed E-state index contributed by atoms with van der Waals surface area (Å²) in [7, 11) is -4.09. The van der Waals surface area contributed by atoms with E-state index in [0.29, 0.717) is 10.7 Å². The molecule has 31 heavy (non-hydrogen) atoms. The number of anilines is 2. The third kappa shape index (κ3) is 5.60. The predicted octanol–water partition coefficient (Wildman–Crippen LogP) is 6.21. The number of carbonyl (C=O) groups excluding carboxylic acids is 1. The van der Waals surface area contributed by atoms with Crippen molar-refractivity contribution in [1.82, 2.24) is 0 Å². The lowest BCUT2D eigenvalue weighted by Crippen LogP contribution is -2.38. The van der Waals surface area contributed by atoms with Gasteiger partial charge in [-0.05, 0) is 67.9 Å². The first-order valence-corrected chi connectivity index (χ1v) is 12.2. The molecule has 0 saturated heterocycles. The summed E-state index contributed by atoms with van der Waals surface area (Å²) in [5.41, 5.74) is 2.52. The van der Waals surface area contributed by atoms with Crippen molar-refractivity contribution in [2.24, 2.45) is 0 Å². The van der Waals surface area contributed by atoms with Gasteiger partial charge in [0.05, 0.1) is 15.6 Å². The molecular weight excluding hydrogens is 523 g/mol. The molecule has 0 heterocycles. The molecule has 162 valence electrons. The molecule has 0 saturated carbocycles. The Morgan fingerprint density at radius 2 is 1.68 bits per heavy atom. The van der Waals surface area contributed by atoms with Gasteiger partial charge in [-0.2, -0.15) is 0 Å². The Bertz CT molecular complexity index is 1230. The van der Waals surface area contributed by atoms with E-state index in [9.17, 15) is 13.2 Å². The molecule has 0 spiro atoms. The second-order valence-corrected chi connectivity index (χ2v) is 10.5. The maximum absolute atomic E-state index is 13.4. The van der Waals surface area contributed by atoms with Crippen LogP contribution in [0.4, 0.5) is 11.4 Å². The van der Waals surface area contributed by atoms with E-state index in [0.717, 1.165) is 19.9 Å². The van der Waals surface area contributed by atoms with Crippen LogP contribution in [-0.4, -0.2) is 20.9 Å². The molecule has 0 aliphatic heterocycles. The highest BCUT2D eigenvalue weighted by molar-refractivity contribution is 9.10. The van der Waals surface area contributed by atoms with Crippen molar-refractivity contribution in [1.29, 1.82) is 0 Å². The monoisotopic (exact) mass is 540 g/mol. The van der Waals surface area contributed by atoms with E-state index < -0.39 is 22.5 Å². The second-order valence-electron chi connectivity index (χ2n) is 6.93. The zero-order valence-electron chi connectivity index (χ0n) is 16.7. The molecule has 0 radical (unpaired) electrons. The van der Waals surface area contributed by atoms with Gasteiger partial charge in [0.2, 0.25) is 5.91 Å². The number of rotatable bonds is 6. The van der Waals surface area contributed by atoms with E-state index in [2.05, 4.69) is 21.2 Å². The summed E-state index contributed by atoms with van der Waals surface area (Å²) >= 11 is 15.8. The molecule has 0 aliphatic rings. The van der Waals surface area contributed by atoms with Crippen molar-refractivity contribution >= 4 is 66.4 Å². The van der Waals surface area contributed by atoms with Crippen LogP contribution >= 0.6 is 39.1 Å². The van der Waals surface area contributed by atoms with Gasteiger partial charge < -0.3 is 5.32 Å². The molecule has 0 unspecified atom stereocenters. The maximum atomic E-state index is 13.4. The van der Waals surface area contributed by atoms with E-state index in [1.807, 2.05) is 13.8 Å². The fourth-order valence-electron chi connectivity index (χ4n) is 2.87. The van der Waals surface area contributed by atoms with E-state index in [-0.39, 0.29) is 15.6 Å². The Morgan fingerprint density at radius 1 is 1.00 bits per heavy atom. The highest BCUT2D eigenvalue weighted by Gasteiger charge is 2.29. The van der Waals surface area contributed by atoms with Crippen LogP contribution in [-0.2, 0) is 14.8 Å². The van der Waals surface area contributed by atoms with Gasteiger partial charge >= 0.3 is 0 Å². The van der Waals surface area contributed by atoms with E-state index in [1.54, 1.807) is 36.4 Å². The number of carbonyl (C=O) groups is 1. The number of benzene rings is 3. The van der Waals surface area contributed by atoms with Gasteiger partial charge in [-0.1, -0.05) is 56.8 Å². The minimum Gasteiger partial charge on any atom is -0.325 e. The summed E-state index contributed by atoms with van der Waals surface area (Å²) in [6, 6.07) is 16.1. The van der Waals surface area contributed by atoms with E-state index in [4.69, 9.17) is 23.2 Å². The van der Waals surface area contributed by atoms with Crippen molar-refractivity contribution in [3.8, 4) is 0 Å². The fraction of sp³-hybridized carbons (Fsp3) is 0.136. The largest absolute Gasteiger partial charge is 0.325 e. The summed E-state index contributed by atoms with van der Waals surface area (Å²) in [6.45, 7) is 3.26. The quantitative estimate of drug-likeness (QED) is 0.403. The van der Waals surface area contributed by atoms with Gasteiger partial charge in [0.15, 0.2) is 0 Å². The molecule has 3 aromatic rings. The molecule has 1 N–H and O–H groups in total. The van der Waals surface area contributed by atoms with E-state index in [1.165, 1.54) is 24.3 Å². The summed E-state index contributed by atoms with van der Waals surface area (Å²) in [6.07, 6.45) is 0. The lowest BCUT2D eigenvalue weighted by Gasteiger charge is -2.25. The second kappa shape index (κ2) is 9.61. The van der Waals surface area contributed by atoms with Crippen LogP contribution in [0.25, 0.3) is 0 Å². The molecule has 0 fully saturated rings. The highest BCUT2D eigenvalue weighted by Crippen LogP contribution is 2.33. The molecule has 3 rings (SSSR count). The lowest BCUT2D eigenvalue weighted by molar-refractivity contribution is -0.114. The van der Waals surface area contributed by atoms with Crippen LogP contribution < -0.4 is 9.62 Å². The average molecular weight is 542 g/mol. The molecule has 9 heteroatoms. The number of hydrogen-bond acceptors (Lipinski definition) is 3. The molecule has 0 atom stereocenters. The molecule has 5 nitrogen and oxygen atoms in total. The SMILES string of the molecule is Cc1ccc(S(=O)(=O)N(CC(=O)Nc2ccc(Br)c(C)c2)c2cc(Cl)ccc2Cl)cc1. The smallest absolute Gasteiger partial charge is 0.264 e. The van der Waals surface area contributed by atoms with Crippen molar-refractivity contribution in [3.63, 3.8) is 0 Å². The van der Waals surface area contributed by atoms with Gasteiger partial charge in [0, 0.05) is 15.2 Å². The normalized spacial score (nSPS) is 11.3. The number of nitrogens with one attached hydrogen (secondary N) is 1. The van der Waals surface area contributed by atoms with Gasteiger partial charge in [0.1, 0.15) is 6.54 Å². The molecule has 0 aliphatic carbocycles. The Morgan fingerprint density at radius 3 is 2.32 bits per heavy atom. The molecule has 0 bridgehead atoms. The number of amides is 1. The minimum atomic E-state index is -4.09. The average Bonchev–Trinajstić information content (AvgIpc) is 2.71. The Hall–Kier alpha value is -2.06. The Labute approximate surface area is 200 Å².